The Balaban J connectivity index is 1.33. The van der Waals surface area contributed by atoms with Gasteiger partial charge in [0.25, 0.3) is 5.91 Å². The van der Waals surface area contributed by atoms with Crippen molar-refractivity contribution in [2.24, 2.45) is 0 Å². The number of carbonyl (C=O) groups excluding carboxylic acids is 2. The molecular formula is C26H28N2O4. The Morgan fingerprint density at radius 3 is 2.47 bits per heavy atom. The lowest BCUT2D eigenvalue weighted by Gasteiger charge is -2.32. The van der Waals surface area contributed by atoms with Gasteiger partial charge < -0.3 is 14.8 Å². The number of nitrogens with one attached hydrogen (secondary N) is 1. The maximum Gasteiger partial charge on any atom is 0.337 e. The van der Waals surface area contributed by atoms with E-state index >= 15 is 0 Å². The lowest BCUT2D eigenvalue weighted by molar-refractivity contribution is 0.0600. The van der Waals surface area contributed by atoms with E-state index in [1.165, 1.54) is 12.7 Å². The van der Waals surface area contributed by atoms with Gasteiger partial charge in [0.05, 0.1) is 19.8 Å². The summed E-state index contributed by atoms with van der Waals surface area (Å²) in [5.41, 5.74) is 2.39. The second-order valence-electron chi connectivity index (χ2n) is 8.14. The Hall–Kier alpha value is -3.38. The summed E-state index contributed by atoms with van der Waals surface area (Å²) in [6.07, 6.45) is 1.82. The number of ether oxygens (including phenoxy) is 2. The van der Waals surface area contributed by atoms with E-state index in [0.717, 1.165) is 43.2 Å². The third-order valence-corrected chi connectivity index (χ3v) is 5.99. The summed E-state index contributed by atoms with van der Waals surface area (Å²) in [6, 6.07) is 19.4. The number of hydrogen-bond donors (Lipinski definition) is 1. The number of carbonyl (C=O) groups is 2. The second kappa shape index (κ2) is 9.83. The van der Waals surface area contributed by atoms with Gasteiger partial charge in [-0.3, -0.25) is 9.69 Å². The Morgan fingerprint density at radius 1 is 0.938 bits per heavy atom. The first kappa shape index (κ1) is 21.8. The molecule has 0 aromatic heterocycles. The molecule has 1 amide bonds. The fourth-order valence-electron chi connectivity index (χ4n) is 4.17. The van der Waals surface area contributed by atoms with Crippen molar-refractivity contribution in [3.63, 3.8) is 0 Å². The summed E-state index contributed by atoms with van der Waals surface area (Å²) in [5, 5.41) is 5.28. The Kier molecular flexibility index (Phi) is 6.71. The van der Waals surface area contributed by atoms with Crippen molar-refractivity contribution >= 4 is 22.6 Å². The van der Waals surface area contributed by atoms with Crippen LogP contribution in [0.2, 0.25) is 0 Å². The van der Waals surface area contributed by atoms with Crippen LogP contribution in [-0.2, 0) is 11.3 Å². The van der Waals surface area contributed by atoms with Crippen LogP contribution in [0, 0.1) is 0 Å². The summed E-state index contributed by atoms with van der Waals surface area (Å²) in [5.74, 6) is 0.301. The third-order valence-electron chi connectivity index (χ3n) is 5.99. The molecule has 1 fully saturated rings. The number of amides is 1. The standard InChI is InChI=1S/C26H28N2O4/c1-31-24-5-3-4-20(16-24)25(29)27-23-10-12-28(13-11-23)17-18-6-7-19-8-9-21(26(30)32-2)15-22(19)14-18/h3-9,14-16,23H,10-13,17H2,1-2H3,(H,27,29). The zero-order valence-corrected chi connectivity index (χ0v) is 18.5. The van der Waals surface area contributed by atoms with Crippen molar-refractivity contribution in [1.29, 1.82) is 0 Å². The van der Waals surface area contributed by atoms with Crippen LogP contribution in [0.25, 0.3) is 10.8 Å². The van der Waals surface area contributed by atoms with E-state index in [1.807, 2.05) is 24.3 Å². The predicted molar refractivity (Wildman–Crippen MR) is 124 cm³/mol. The van der Waals surface area contributed by atoms with Gasteiger partial charge in [0.2, 0.25) is 0 Å². The van der Waals surface area contributed by atoms with E-state index in [2.05, 4.69) is 28.4 Å². The summed E-state index contributed by atoms with van der Waals surface area (Å²) >= 11 is 0. The number of piperidine rings is 1. The average Bonchev–Trinajstić information content (AvgIpc) is 2.84. The molecule has 0 saturated carbocycles. The van der Waals surface area contributed by atoms with Crippen LogP contribution in [0.3, 0.4) is 0 Å². The largest absolute Gasteiger partial charge is 0.497 e. The number of methoxy groups -OCH3 is 2. The Labute approximate surface area is 188 Å². The smallest absolute Gasteiger partial charge is 0.337 e. The highest BCUT2D eigenvalue weighted by atomic mass is 16.5. The Bertz CT molecular complexity index is 1120. The van der Waals surface area contributed by atoms with Gasteiger partial charge in [-0.2, -0.15) is 0 Å². The van der Waals surface area contributed by atoms with E-state index in [0.29, 0.717) is 16.9 Å². The number of likely N-dealkylation sites (tertiary alicyclic amines) is 1. The minimum absolute atomic E-state index is 0.0571. The molecule has 0 bridgehead atoms. The average molecular weight is 433 g/mol. The zero-order valence-electron chi connectivity index (χ0n) is 18.5. The minimum atomic E-state index is -0.324. The minimum Gasteiger partial charge on any atom is -0.497 e. The van der Waals surface area contributed by atoms with Crippen LogP contribution in [0.1, 0.15) is 39.1 Å². The van der Waals surface area contributed by atoms with Crippen molar-refractivity contribution in [3.8, 4) is 5.75 Å². The van der Waals surface area contributed by atoms with Crippen LogP contribution in [0.15, 0.2) is 60.7 Å². The molecule has 1 saturated heterocycles. The third kappa shape index (κ3) is 5.08. The molecule has 0 unspecified atom stereocenters. The molecule has 1 aliphatic heterocycles. The van der Waals surface area contributed by atoms with Gasteiger partial charge in [-0.1, -0.05) is 24.3 Å². The fraction of sp³-hybridized carbons (Fsp3) is 0.308. The molecule has 32 heavy (non-hydrogen) atoms. The van der Waals surface area contributed by atoms with E-state index in [9.17, 15) is 9.59 Å². The molecule has 1 N–H and O–H groups in total. The van der Waals surface area contributed by atoms with Gasteiger partial charge in [-0.25, -0.2) is 4.79 Å². The fourth-order valence-corrected chi connectivity index (χ4v) is 4.17. The maximum absolute atomic E-state index is 12.6. The van der Waals surface area contributed by atoms with Gasteiger partial charge in [0, 0.05) is 31.2 Å². The monoisotopic (exact) mass is 432 g/mol. The molecule has 1 heterocycles. The normalized spacial score (nSPS) is 14.8. The number of nitrogens with zero attached hydrogens (tertiary/aromatic N) is 1. The lowest BCUT2D eigenvalue weighted by atomic mass is 10.0. The van der Waals surface area contributed by atoms with Crippen LogP contribution >= 0.6 is 0 Å². The summed E-state index contributed by atoms with van der Waals surface area (Å²) in [7, 11) is 2.99. The molecule has 0 spiro atoms. The molecule has 0 atom stereocenters. The number of hydrogen-bond acceptors (Lipinski definition) is 5. The summed E-state index contributed by atoms with van der Waals surface area (Å²) in [6.45, 7) is 2.68. The number of rotatable bonds is 6. The molecule has 0 radical (unpaired) electrons. The summed E-state index contributed by atoms with van der Waals surface area (Å²) in [4.78, 5) is 26.8. The highest BCUT2D eigenvalue weighted by Crippen LogP contribution is 2.21. The highest BCUT2D eigenvalue weighted by Gasteiger charge is 2.21. The SMILES string of the molecule is COC(=O)c1ccc2ccc(CN3CCC(NC(=O)c4cccc(OC)c4)CC3)cc2c1. The molecule has 3 aromatic carbocycles. The first-order chi connectivity index (χ1) is 15.6. The molecule has 3 aromatic rings. The van der Waals surface area contributed by atoms with Gasteiger partial charge in [0.1, 0.15) is 5.75 Å². The number of fused-ring (bicyclic) bond motifs is 1. The highest BCUT2D eigenvalue weighted by molar-refractivity contribution is 5.95. The van der Waals surface area contributed by atoms with Crippen molar-refractivity contribution in [2.75, 3.05) is 27.3 Å². The molecule has 166 valence electrons. The molecule has 6 heteroatoms. The zero-order chi connectivity index (χ0) is 22.5. The molecule has 0 aliphatic carbocycles. The van der Waals surface area contributed by atoms with E-state index < -0.39 is 0 Å². The molecular weight excluding hydrogens is 404 g/mol. The quantitative estimate of drug-likeness (QED) is 0.596. The van der Waals surface area contributed by atoms with Crippen LogP contribution in [0.4, 0.5) is 0 Å². The van der Waals surface area contributed by atoms with E-state index in [-0.39, 0.29) is 17.9 Å². The van der Waals surface area contributed by atoms with Crippen LogP contribution < -0.4 is 10.1 Å². The van der Waals surface area contributed by atoms with Crippen LogP contribution in [-0.4, -0.2) is 50.1 Å². The first-order valence-corrected chi connectivity index (χ1v) is 10.8. The molecule has 1 aliphatic rings. The number of esters is 1. The topological polar surface area (TPSA) is 67.9 Å². The van der Waals surface area contributed by atoms with E-state index in [1.54, 1.807) is 25.3 Å². The van der Waals surface area contributed by atoms with Crippen molar-refractivity contribution in [2.45, 2.75) is 25.4 Å². The predicted octanol–water partition coefficient (Wildman–Crippen LogP) is 4.03. The summed E-state index contributed by atoms with van der Waals surface area (Å²) < 4.78 is 10.0. The van der Waals surface area contributed by atoms with E-state index in [4.69, 9.17) is 9.47 Å². The number of benzene rings is 3. The first-order valence-electron chi connectivity index (χ1n) is 10.8. The molecule has 4 rings (SSSR count). The van der Waals surface area contributed by atoms with Crippen LogP contribution in [0.5, 0.6) is 5.75 Å². The van der Waals surface area contributed by atoms with Crippen molar-refractivity contribution < 1.29 is 19.1 Å². The molecule has 6 nitrogen and oxygen atoms in total. The van der Waals surface area contributed by atoms with Gasteiger partial charge >= 0.3 is 5.97 Å². The Morgan fingerprint density at radius 2 is 1.72 bits per heavy atom. The van der Waals surface area contributed by atoms with Gasteiger partial charge in [0.15, 0.2) is 0 Å². The van der Waals surface area contributed by atoms with Crippen molar-refractivity contribution in [1.82, 2.24) is 10.2 Å². The van der Waals surface area contributed by atoms with Gasteiger partial charge in [-0.05, 0) is 65.6 Å². The maximum atomic E-state index is 12.6. The lowest BCUT2D eigenvalue weighted by Crippen LogP contribution is -2.44. The van der Waals surface area contributed by atoms with Crippen molar-refractivity contribution in [3.05, 3.63) is 77.4 Å². The second-order valence-corrected chi connectivity index (χ2v) is 8.14. The van der Waals surface area contributed by atoms with Gasteiger partial charge in [-0.15, -0.1) is 0 Å².